The maximum atomic E-state index is 12.4. The summed E-state index contributed by atoms with van der Waals surface area (Å²) < 4.78 is 42.1. The summed E-state index contributed by atoms with van der Waals surface area (Å²) in [7, 11) is 0. The molecule has 0 fully saturated rings. The van der Waals surface area contributed by atoms with Crippen LogP contribution >= 0.6 is 0 Å². The summed E-state index contributed by atoms with van der Waals surface area (Å²) in [5, 5.41) is 8.18. The molecule has 0 atom stereocenters. The van der Waals surface area contributed by atoms with Crippen LogP contribution in [0.1, 0.15) is 24.1 Å². The van der Waals surface area contributed by atoms with Gasteiger partial charge in [-0.05, 0) is 18.6 Å². The molecule has 0 radical (unpaired) electrons. The van der Waals surface area contributed by atoms with Gasteiger partial charge in [0.25, 0.3) is 0 Å². The minimum absolute atomic E-state index is 0.0314. The average Bonchev–Trinajstić information content (AvgIpc) is 3.00. The van der Waals surface area contributed by atoms with E-state index in [4.69, 9.17) is 4.52 Å². The lowest BCUT2D eigenvalue weighted by molar-refractivity contribution is -0.141. The number of alkyl halides is 3. The number of anilines is 1. The Bertz CT molecular complexity index is 726. The van der Waals surface area contributed by atoms with Crippen LogP contribution in [0.2, 0.25) is 0 Å². The lowest BCUT2D eigenvalue weighted by Crippen LogP contribution is -2.34. The molecular weight excluding hydrogens is 329 g/mol. The normalized spacial score (nSPS) is 11.2. The first kappa shape index (κ1) is 17.4. The van der Waals surface area contributed by atoms with E-state index in [1.165, 1.54) is 0 Å². The summed E-state index contributed by atoms with van der Waals surface area (Å²) >= 11 is 0. The first-order valence-electron chi connectivity index (χ1n) is 6.86. The van der Waals surface area contributed by atoms with Crippen LogP contribution in [-0.2, 0) is 28.7 Å². The summed E-state index contributed by atoms with van der Waals surface area (Å²) in [4.78, 5) is 26.5. The molecule has 2 amide bonds. The molecule has 0 unspecified atom stereocenters. The number of halogens is 3. The number of amides is 2. The van der Waals surface area contributed by atoms with Gasteiger partial charge in [0.1, 0.15) is 5.69 Å². The zero-order chi connectivity index (χ0) is 17.7. The van der Waals surface area contributed by atoms with E-state index in [9.17, 15) is 22.8 Å². The third-order valence-corrected chi connectivity index (χ3v) is 2.91. The molecule has 0 bridgehead atoms. The molecule has 24 heavy (non-hydrogen) atoms. The van der Waals surface area contributed by atoms with Crippen molar-refractivity contribution in [2.75, 3.05) is 5.32 Å². The number of aryl methyl sites for hydroxylation is 1. The van der Waals surface area contributed by atoms with Crippen molar-refractivity contribution >= 4 is 17.5 Å². The number of pyridine rings is 1. The zero-order valence-corrected chi connectivity index (χ0v) is 12.5. The van der Waals surface area contributed by atoms with Crippen LogP contribution in [0.3, 0.4) is 0 Å². The van der Waals surface area contributed by atoms with Gasteiger partial charge >= 0.3 is 18.0 Å². The molecule has 0 aromatic carbocycles. The van der Waals surface area contributed by atoms with Crippen molar-refractivity contribution in [2.24, 2.45) is 0 Å². The van der Waals surface area contributed by atoms with Crippen LogP contribution in [0.4, 0.5) is 18.9 Å². The monoisotopic (exact) mass is 342 g/mol. The molecule has 0 aliphatic carbocycles. The Balaban J connectivity index is 1.88. The van der Waals surface area contributed by atoms with Crippen LogP contribution in [0.5, 0.6) is 0 Å². The number of carbonyl (C=O) groups is 2. The Kier molecular flexibility index (Phi) is 5.17. The van der Waals surface area contributed by atoms with Crippen LogP contribution in [0.25, 0.3) is 0 Å². The highest BCUT2D eigenvalue weighted by Gasteiger charge is 2.32. The predicted molar refractivity (Wildman–Crippen MR) is 75.6 cm³/mol. The minimum atomic E-state index is -4.58. The maximum absolute atomic E-state index is 12.4. The van der Waals surface area contributed by atoms with Gasteiger partial charge in [-0.3, -0.25) is 9.59 Å². The van der Waals surface area contributed by atoms with Gasteiger partial charge in [0.05, 0.1) is 24.1 Å². The number of hydrogen-bond donors (Lipinski definition) is 2. The second-order valence-corrected chi connectivity index (χ2v) is 4.70. The summed E-state index contributed by atoms with van der Waals surface area (Å²) in [6.45, 7) is 1.84. The van der Waals surface area contributed by atoms with Gasteiger partial charge in [0.2, 0.25) is 0 Å². The lowest BCUT2D eigenvalue weighted by atomic mass is 10.3. The average molecular weight is 342 g/mol. The van der Waals surface area contributed by atoms with Crippen LogP contribution in [-0.4, -0.2) is 22.0 Å². The van der Waals surface area contributed by atoms with E-state index in [-0.39, 0.29) is 12.2 Å². The van der Waals surface area contributed by atoms with Gasteiger partial charge < -0.3 is 15.2 Å². The molecular formula is C14H13F3N4O3. The van der Waals surface area contributed by atoms with E-state index in [1.54, 1.807) is 6.07 Å². The van der Waals surface area contributed by atoms with E-state index < -0.39 is 23.7 Å². The van der Waals surface area contributed by atoms with Crippen molar-refractivity contribution < 1.29 is 27.3 Å². The fourth-order valence-corrected chi connectivity index (χ4v) is 1.68. The molecule has 2 rings (SSSR count). The van der Waals surface area contributed by atoms with Gasteiger partial charge in [-0.25, -0.2) is 4.98 Å². The second kappa shape index (κ2) is 7.11. The maximum Gasteiger partial charge on any atom is 0.433 e. The van der Waals surface area contributed by atoms with Gasteiger partial charge in [0, 0.05) is 6.07 Å². The van der Waals surface area contributed by atoms with Crippen LogP contribution in [0.15, 0.2) is 28.9 Å². The largest absolute Gasteiger partial charge is 0.433 e. The number of carbonyl (C=O) groups excluding carboxylic acids is 2. The van der Waals surface area contributed by atoms with Gasteiger partial charge in [-0.2, -0.15) is 13.2 Å². The minimum Gasteiger partial charge on any atom is -0.359 e. The molecule has 0 saturated heterocycles. The number of hydrogen-bond acceptors (Lipinski definition) is 5. The Morgan fingerprint density at radius 3 is 2.54 bits per heavy atom. The SMILES string of the molecule is CCc1cc(CNC(=O)C(=O)Nc2ccc(C(F)(F)F)nc2)on1. The van der Waals surface area contributed by atoms with E-state index in [0.29, 0.717) is 23.9 Å². The first-order chi connectivity index (χ1) is 11.3. The predicted octanol–water partition coefficient (Wildman–Crippen LogP) is 1.91. The first-order valence-corrected chi connectivity index (χ1v) is 6.86. The van der Waals surface area contributed by atoms with Crippen LogP contribution < -0.4 is 10.6 Å². The summed E-state index contributed by atoms with van der Waals surface area (Å²) in [5.74, 6) is -1.62. The van der Waals surface area contributed by atoms with Crippen LogP contribution in [0, 0.1) is 0 Å². The topological polar surface area (TPSA) is 97.1 Å². The van der Waals surface area contributed by atoms with Gasteiger partial charge in [-0.15, -0.1) is 0 Å². The molecule has 2 aromatic heterocycles. The van der Waals surface area contributed by atoms with Crippen molar-refractivity contribution in [3.63, 3.8) is 0 Å². The van der Waals surface area contributed by atoms with E-state index in [0.717, 1.165) is 12.3 Å². The fraction of sp³-hybridized carbons (Fsp3) is 0.286. The van der Waals surface area contributed by atoms with Gasteiger partial charge in [0.15, 0.2) is 5.76 Å². The van der Waals surface area contributed by atoms with Gasteiger partial charge in [-0.1, -0.05) is 12.1 Å². The van der Waals surface area contributed by atoms with E-state index in [1.807, 2.05) is 6.92 Å². The number of nitrogens with zero attached hydrogens (tertiary/aromatic N) is 2. The zero-order valence-electron chi connectivity index (χ0n) is 12.5. The highest BCUT2D eigenvalue weighted by Crippen LogP contribution is 2.27. The Labute approximate surface area is 134 Å². The summed E-state index contributed by atoms with van der Waals surface area (Å²) in [6, 6.07) is 3.34. The Morgan fingerprint density at radius 2 is 2.00 bits per heavy atom. The quantitative estimate of drug-likeness (QED) is 0.827. The molecule has 0 spiro atoms. The standard InChI is InChI=1S/C14H13F3N4O3/c1-2-8-5-10(24-21-8)7-19-12(22)13(23)20-9-3-4-11(18-6-9)14(15,16)17/h3-6H,2,7H2,1H3,(H,19,22)(H,20,23). The summed E-state index contributed by atoms with van der Waals surface area (Å²) in [5.41, 5.74) is -0.419. The molecule has 2 aromatic rings. The number of rotatable bonds is 4. The molecule has 0 aliphatic rings. The highest BCUT2D eigenvalue weighted by atomic mass is 19.4. The van der Waals surface area contributed by atoms with E-state index >= 15 is 0 Å². The third kappa shape index (κ3) is 4.54. The molecule has 128 valence electrons. The Hall–Kier alpha value is -2.91. The molecule has 2 N–H and O–H groups in total. The van der Waals surface area contributed by atoms with Crippen molar-refractivity contribution in [2.45, 2.75) is 26.1 Å². The molecule has 0 saturated carbocycles. The van der Waals surface area contributed by atoms with Crippen molar-refractivity contribution in [3.05, 3.63) is 41.5 Å². The second-order valence-electron chi connectivity index (χ2n) is 4.70. The van der Waals surface area contributed by atoms with Crippen molar-refractivity contribution in [1.82, 2.24) is 15.5 Å². The molecule has 2 heterocycles. The summed E-state index contributed by atoms with van der Waals surface area (Å²) in [6.07, 6.45) is -3.09. The molecule has 10 heteroatoms. The lowest BCUT2D eigenvalue weighted by Gasteiger charge is -2.07. The molecule has 7 nitrogen and oxygen atoms in total. The molecule has 0 aliphatic heterocycles. The van der Waals surface area contributed by atoms with Crippen molar-refractivity contribution in [1.29, 1.82) is 0 Å². The number of aromatic nitrogens is 2. The van der Waals surface area contributed by atoms with Crippen molar-refractivity contribution in [3.8, 4) is 0 Å². The highest BCUT2D eigenvalue weighted by molar-refractivity contribution is 6.39. The van der Waals surface area contributed by atoms with E-state index in [2.05, 4.69) is 20.8 Å². The Morgan fingerprint density at radius 1 is 1.25 bits per heavy atom. The number of nitrogens with one attached hydrogen (secondary N) is 2. The smallest absolute Gasteiger partial charge is 0.359 e. The fourth-order valence-electron chi connectivity index (χ4n) is 1.68. The third-order valence-electron chi connectivity index (χ3n) is 2.91.